The van der Waals surface area contributed by atoms with Gasteiger partial charge in [0.05, 0.1) is 6.61 Å². The molecule has 96 valence electrons. The molecule has 5 heteroatoms. The lowest BCUT2D eigenvalue weighted by molar-refractivity contribution is 0.0177. The number of nitrogens with zero attached hydrogens (tertiary/aromatic N) is 1. The van der Waals surface area contributed by atoms with E-state index >= 15 is 0 Å². The summed E-state index contributed by atoms with van der Waals surface area (Å²) >= 11 is 0. The molecule has 1 rings (SSSR count). The lowest BCUT2D eigenvalue weighted by Crippen LogP contribution is -2.43. The van der Waals surface area contributed by atoms with Crippen LogP contribution >= 0.6 is 0 Å². The van der Waals surface area contributed by atoms with Crippen molar-refractivity contribution in [3.63, 3.8) is 0 Å². The second-order valence-corrected chi connectivity index (χ2v) is 4.13. The predicted octanol–water partition coefficient (Wildman–Crippen LogP) is 1.34. The van der Waals surface area contributed by atoms with E-state index in [1.54, 1.807) is 0 Å². The van der Waals surface area contributed by atoms with E-state index in [-0.39, 0.29) is 0 Å². The zero-order valence-electron chi connectivity index (χ0n) is 9.92. The molecule has 1 N–H and O–H groups in total. The molecule has 0 spiro atoms. The summed E-state index contributed by atoms with van der Waals surface area (Å²) in [7, 11) is 0. The third-order valence-corrected chi connectivity index (χ3v) is 2.96. The van der Waals surface area contributed by atoms with Gasteiger partial charge in [-0.1, -0.05) is 6.92 Å². The lowest BCUT2D eigenvalue weighted by atomic mass is 10.1. The molecule has 0 aromatic heterocycles. The van der Waals surface area contributed by atoms with E-state index in [0.717, 1.165) is 32.5 Å². The first-order valence-electron chi connectivity index (χ1n) is 6.04. The predicted molar refractivity (Wildman–Crippen MR) is 60.0 cm³/mol. The molecule has 1 fully saturated rings. The highest BCUT2D eigenvalue weighted by Gasteiger charge is 2.16. The minimum atomic E-state index is -2.35. The maximum atomic E-state index is 11.7. The SMILES string of the molecule is CCN1CCC(NCCOCC(F)F)CC1. The number of piperidine rings is 1. The second kappa shape index (κ2) is 7.92. The summed E-state index contributed by atoms with van der Waals surface area (Å²) in [6.07, 6.45) is -0.0708. The van der Waals surface area contributed by atoms with Crippen LogP contribution in [0, 0.1) is 0 Å². The van der Waals surface area contributed by atoms with E-state index in [1.165, 1.54) is 0 Å². The third-order valence-electron chi connectivity index (χ3n) is 2.96. The van der Waals surface area contributed by atoms with E-state index in [0.29, 0.717) is 19.2 Å². The quantitative estimate of drug-likeness (QED) is 0.675. The van der Waals surface area contributed by atoms with Crippen LogP contribution in [0.15, 0.2) is 0 Å². The van der Waals surface area contributed by atoms with Crippen LogP contribution in [-0.4, -0.2) is 56.8 Å². The van der Waals surface area contributed by atoms with Gasteiger partial charge in [-0.25, -0.2) is 8.78 Å². The van der Waals surface area contributed by atoms with Gasteiger partial charge in [-0.15, -0.1) is 0 Å². The number of alkyl halides is 2. The molecule has 0 radical (unpaired) electrons. The van der Waals surface area contributed by atoms with Crippen LogP contribution in [0.3, 0.4) is 0 Å². The lowest BCUT2D eigenvalue weighted by Gasteiger charge is -2.31. The first kappa shape index (κ1) is 13.8. The minimum Gasteiger partial charge on any atom is -0.374 e. The first-order chi connectivity index (χ1) is 7.72. The molecule has 1 aliphatic heterocycles. The van der Waals surface area contributed by atoms with Crippen molar-refractivity contribution in [2.45, 2.75) is 32.2 Å². The highest BCUT2D eigenvalue weighted by molar-refractivity contribution is 4.76. The molecule has 0 aromatic carbocycles. The molecular formula is C11H22F2N2O. The van der Waals surface area contributed by atoms with Crippen LogP contribution in [0.1, 0.15) is 19.8 Å². The average molecular weight is 236 g/mol. The summed E-state index contributed by atoms with van der Waals surface area (Å²) < 4.78 is 28.3. The van der Waals surface area contributed by atoms with Crippen molar-refractivity contribution in [3.8, 4) is 0 Å². The Morgan fingerprint density at radius 3 is 2.62 bits per heavy atom. The van der Waals surface area contributed by atoms with Gasteiger partial charge in [0.15, 0.2) is 0 Å². The fraction of sp³-hybridized carbons (Fsp3) is 1.00. The average Bonchev–Trinajstić information content (AvgIpc) is 2.29. The Labute approximate surface area is 96.1 Å². The molecule has 1 saturated heterocycles. The zero-order valence-corrected chi connectivity index (χ0v) is 9.92. The number of ether oxygens (including phenoxy) is 1. The summed E-state index contributed by atoms with van der Waals surface area (Å²) in [6, 6.07) is 0.526. The molecule has 0 saturated carbocycles. The van der Waals surface area contributed by atoms with Gasteiger partial charge in [-0.2, -0.15) is 0 Å². The normalized spacial score (nSPS) is 19.5. The van der Waals surface area contributed by atoms with E-state index in [4.69, 9.17) is 4.74 Å². The smallest absolute Gasteiger partial charge is 0.261 e. The van der Waals surface area contributed by atoms with Gasteiger partial charge in [-0.3, -0.25) is 0 Å². The summed E-state index contributed by atoms with van der Waals surface area (Å²) in [5.41, 5.74) is 0. The number of nitrogens with one attached hydrogen (secondary N) is 1. The molecular weight excluding hydrogens is 214 g/mol. The summed E-state index contributed by atoms with van der Waals surface area (Å²) in [5, 5.41) is 3.34. The van der Waals surface area contributed by atoms with Gasteiger partial charge >= 0.3 is 0 Å². The van der Waals surface area contributed by atoms with Gasteiger partial charge < -0.3 is 15.0 Å². The molecule has 0 bridgehead atoms. The Kier molecular flexibility index (Phi) is 6.84. The molecule has 1 heterocycles. The highest BCUT2D eigenvalue weighted by Crippen LogP contribution is 2.09. The number of likely N-dealkylation sites (tertiary alicyclic amines) is 1. The van der Waals surface area contributed by atoms with Gasteiger partial charge in [0.1, 0.15) is 6.61 Å². The molecule has 0 unspecified atom stereocenters. The third kappa shape index (κ3) is 5.72. The second-order valence-electron chi connectivity index (χ2n) is 4.13. The number of hydrogen-bond acceptors (Lipinski definition) is 3. The Morgan fingerprint density at radius 1 is 1.38 bits per heavy atom. The fourth-order valence-electron chi connectivity index (χ4n) is 1.96. The monoisotopic (exact) mass is 236 g/mol. The van der Waals surface area contributed by atoms with Crippen molar-refractivity contribution in [2.75, 3.05) is 39.4 Å². The summed E-state index contributed by atoms with van der Waals surface area (Å²) in [6.45, 7) is 6.14. The summed E-state index contributed by atoms with van der Waals surface area (Å²) in [5.74, 6) is 0. The van der Waals surface area contributed by atoms with Crippen LogP contribution in [0.25, 0.3) is 0 Å². The van der Waals surface area contributed by atoms with Crippen LogP contribution in [0.4, 0.5) is 8.78 Å². The molecule has 0 atom stereocenters. The van der Waals surface area contributed by atoms with Crippen LogP contribution < -0.4 is 5.32 Å². The number of halogens is 2. The molecule has 3 nitrogen and oxygen atoms in total. The van der Waals surface area contributed by atoms with Crippen LogP contribution in [0.5, 0.6) is 0 Å². The number of rotatable bonds is 7. The van der Waals surface area contributed by atoms with Crippen molar-refractivity contribution >= 4 is 0 Å². The largest absolute Gasteiger partial charge is 0.374 e. The van der Waals surface area contributed by atoms with Gasteiger partial charge in [0.25, 0.3) is 6.43 Å². The summed E-state index contributed by atoms with van der Waals surface area (Å²) in [4.78, 5) is 2.42. The van der Waals surface area contributed by atoms with E-state index < -0.39 is 13.0 Å². The Bertz CT molecular complexity index is 173. The molecule has 0 aliphatic carbocycles. The topological polar surface area (TPSA) is 24.5 Å². The first-order valence-corrected chi connectivity index (χ1v) is 6.04. The Hall–Kier alpha value is -0.260. The van der Waals surface area contributed by atoms with E-state index in [1.807, 2.05) is 0 Å². The maximum absolute atomic E-state index is 11.7. The molecule has 0 amide bonds. The van der Waals surface area contributed by atoms with Gasteiger partial charge in [-0.05, 0) is 32.5 Å². The number of hydrogen-bond donors (Lipinski definition) is 1. The van der Waals surface area contributed by atoms with Crippen LogP contribution in [0.2, 0.25) is 0 Å². The fourth-order valence-corrected chi connectivity index (χ4v) is 1.96. The standard InChI is InChI=1S/C11H22F2N2O/c1-2-15-6-3-10(4-7-15)14-5-8-16-9-11(12)13/h10-11,14H,2-9H2,1H3. The van der Waals surface area contributed by atoms with Crippen molar-refractivity contribution in [3.05, 3.63) is 0 Å². The minimum absolute atomic E-state index is 0.373. The van der Waals surface area contributed by atoms with Crippen molar-refractivity contribution in [1.29, 1.82) is 0 Å². The van der Waals surface area contributed by atoms with E-state index in [2.05, 4.69) is 17.1 Å². The maximum Gasteiger partial charge on any atom is 0.261 e. The molecule has 1 aliphatic rings. The van der Waals surface area contributed by atoms with Crippen molar-refractivity contribution in [1.82, 2.24) is 10.2 Å². The van der Waals surface area contributed by atoms with Crippen molar-refractivity contribution in [2.24, 2.45) is 0 Å². The Morgan fingerprint density at radius 2 is 2.06 bits per heavy atom. The van der Waals surface area contributed by atoms with E-state index in [9.17, 15) is 8.78 Å². The molecule has 16 heavy (non-hydrogen) atoms. The zero-order chi connectivity index (χ0) is 11.8. The highest BCUT2D eigenvalue weighted by atomic mass is 19.3. The van der Waals surface area contributed by atoms with Crippen molar-refractivity contribution < 1.29 is 13.5 Å². The molecule has 0 aromatic rings. The van der Waals surface area contributed by atoms with Gasteiger partial charge in [0.2, 0.25) is 0 Å². The van der Waals surface area contributed by atoms with Crippen LogP contribution in [-0.2, 0) is 4.74 Å². The Balaban J connectivity index is 1.94. The van der Waals surface area contributed by atoms with Gasteiger partial charge in [0, 0.05) is 12.6 Å².